The Morgan fingerprint density at radius 1 is 1.30 bits per heavy atom. The number of amides is 1. The number of carbonyl (C=O) groups is 1. The van der Waals surface area contributed by atoms with Gasteiger partial charge in [0.25, 0.3) is 5.91 Å². The van der Waals surface area contributed by atoms with Gasteiger partial charge in [0.15, 0.2) is 0 Å². The van der Waals surface area contributed by atoms with Crippen molar-refractivity contribution in [1.29, 1.82) is 0 Å². The fourth-order valence-corrected chi connectivity index (χ4v) is 3.74. The Balaban J connectivity index is 2.13. The smallest absolute Gasteiger partial charge is 0.252 e. The van der Waals surface area contributed by atoms with Crippen molar-refractivity contribution in [2.24, 2.45) is 0 Å². The highest BCUT2D eigenvalue weighted by Gasteiger charge is 2.20. The summed E-state index contributed by atoms with van der Waals surface area (Å²) in [4.78, 5) is 13.4. The first-order chi connectivity index (χ1) is 10.8. The van der Waals surface area contributed by atoms with Crippen LogP contribution in [-0.4, -0.2) is 39.3 Å². The summed E-state index contributed by atoms with van der Waals surface area (Å²) in [6, 6.07) is 8.06. The Morgan fingerprint density at radius 2 is 2.04 bits per heavy atom. The molecule has 23 heavy (non-hydrogen) atoms. The molecule has 1 aromatic heterocycles. The first-order valence-corrected chi connectivity index (χ1v) is 9.55. The fourth-order valence-electron chi connectivity index (χ4n) is 1.90. The predicted molar refractivity (Wildman–Crippen MR) is 92.7 cm³/mol. The average molecular weight is 373 g/mol. The molecule has 1 aromatic carbocycles. The first-order valence-electron chi connectivity index (χ1n) is 6.85. The van der Waals surface area contributed by atoms with E-state index in [4.69, 9.17) is 11.6 Å². The van der Waals surface area contributed by atoms with E-state index < -0.39 is 10.0 Å². The molecular weight excluding hydrogens is 356 g/mol. The maximum absolute atomic E-state index is 12.2. The van der Waals surface area contributed by atoms with Gasteiger partial charge in [-0.1, -0.05) is 17.7 Å². The second kappa shape index (κ2) is 7.44. The van der Waals surface area contributed by atoms with E-state index >= 15 is 0 Å². The highest BCUT2D eigenvalue weighted by molar-refractivity contribution is 7.89. The molecule has 124 valence electrons. The normalized spacial score (nSPS) is 11.7. The van der Waals surface area contributed by atoms with Crippen LogP contribution >= 0.6 is 22.9 Å². The van der Waals surface area contributed by atoms with E-state index in [9.17, 15) is 13.2 Å². The maximum atomic E-state index is 12.2. The number of nitrogens with one attached hydrogen (secondary N) is 1. The summed E-state index contributed by atoms with van der Waals surface area (Å²) in [5.41, 5.74) is 0.153. The van der Waals surface area contributed by atoms with Crippen LogP contribution in [0.2, 0.25) is 5.02 Å². The summed E-state index contributed by atoms with van der Waals surface area (Å²) in [5, 5.41) is 4.96. The molecule has 2 aromatic rings. The number of halogens is 1. The number of sulfonamides is 1. The second-order valence-electron chi connectivity index (χ2n) is 5.01. The molecule has 0 atom stereocenters. The van der Waals surface area contributed by atoms with Gasteiger partial charge in [-0.15, -0.1) is 11.3 Å². The molecule has 0 spiro atoms. The van der Waals surface area contributed by atoms with E-state index in [0.717, 1.165) is 10.7 Å². The number of carbonyl (C=O) groups excluding carboxylic acids is 1. The summed E-state index contributed by atoms with van der Waals surface area (Å²) in [5.74, 6) is -0.387. The van der Waals surface area contributed by atoms with Crippen LogP contribution in [0.1, 0.15) is 15.2 Å². The standard InChI is InChI=1S/C15H17ClN2O3S2/c1-18(2)23(20,21)12-5-6-14(16)13(10-12)15(19)17-8-7-11-4-3-9-22-11/h3-6,9-10H,7-8H2,1-2H3,(H,17,19). The highest BCUT2D eigenvalue weighted by Crippen LogP contribution is 2.22. The lowest BCUT2D eigenvalue weighted by molar-refractivity contribution is 0.0954. The molecule has 0 radical (unpaired) electrons. The molecule has 0 fully saturated rings. The molecule has 0 aliphatic heterocycles. The lowest BCUT2D eigenvalue weighted by Gasteiger charge is -2.13. The number of hydrogen-bond donors (Lipinski definition) is 1. The summed E-state index contributed by atoms with van der Waals surface area (Å²) in [7, 11) is -0.739. The van der Waals surface area contributed by atoms with Crippen LogP contribution in [0.5, 0.6) is 0 Å². The van der Waals surface area contributed by atoms with E-state index in [2.05, 4.69) is 5.32 Å². The molecule has 0 saturated carbocycles. The van der Waals surface area contributed by atoms with E-state index in [1.165, 1.54) is 37.2 Å². The lowest BCUT2D eigenvalue weighted by Crippen LogP contribution is -2.27. The first kappa shape index (κ1) is 17.9. The Bertz CT molecular complexity index is 787. The summed E-state index contributed by atoms with van der Waals surface area (Å²) in [6.45, 7) is 0.459. The number of nitrogens with zero attached hydrogens (tertiary/aromatic N) is 1. The fraction of sp³-hybridized carbons (Fsp3) is 0.267. The average Bonchev–Trinajstić information content (AvgIpc) is 3.00. The largest absolute Gasteiger partial charge is 0.352 e. The zero-order valence-corrected chi connectivity index (χ0v) is 15.1. The minimum Gasteiger partial charge on any atom is -0.352 e. The second-order valence-corrected chi connectivity index (χ2v) is 8.61. The third-order valence-corrected chi connectivity index (χ3v) is 6.27. The van der Waals surface area contributed by atoms with Crippen molar-refractivity contribution >= 4 is 38.9 Å². The van der Waals surface area contributed by atoms with Gasteiger partial charge >= 0.3 is 0 Å². The molecule has 0 saturated heterocycles. The van der Waals surface area contributed by atoms with Gasteiger partial charge in [0.2, 0.25) is 10.0 Å². The Kier molecular flexibility index (Phi) is 5.80. The van der Waals surface area contributed by atoms with Crippen LogP contribution in [0.3, 0.4) is 0 Å². The van der Waals surface area contributed by atoms with Crippen LogP contribution in [0.25, 0.3) is 0 Å². The maximum Gasteiger partial charge on any atom is 0.252 e. The number of thiophene rings is 1. The molecule has 0 unspecified atom stereocenters. The molecule has 8 heteroatoms. The Labute approximate surface area is 144 Å². The van der Waals surface area contributed by atoms with E-state index in [-0.39, 0.29) is 21.4 Å². The molecule has 0 aliphatic rings. The Morgan fingerprint density at radius 3 is 2.65 bits per heavy atom. The summed E-state index contributed by atoms with van der Waals surface area (Å²) < 4.78 is 25.4. The summed E-state index contributed by atoms with van der Waals surface area (Å²) in [6.07, 6.45) is 0.719. The molecule has 1 amide bonds. The van der Waals surface area contributed by atoms with Gasteiger partial charge in [-0.25, -0.2) is 12.7 Å². The topological polar surface area (TPSA) is 66.5 Å². The van der Waals surface area contributed by atoms with E-state index in [1.807, 2.05) is 17.5 Å². The molecule has 5 nitrogen and oxygen atoms in total. The highest BCUT2D eigenvalue weighted by atomic mass is 35.5. The van der Waals surface area contributed by atoms with Crippen LogP contribution in [0.4, 0.5) is 0 Å². The monoisotopic (exact) mass is 372 g/mol. The number of hydrogen-bond acceptors (Lipinski definition) is 4. The van der Waals surface area contributed by atoms with Crippen LogP contribution < -0.4 is 5.32 Å². The van der Waals surface area contributed by atoms with Crippen molar-refractivity contribution in [2.75, 3.05) is 20.6 Å². The van der Waals surface area contributed by atoms with Crippen molar-refractivity contribution in [3.8, 4) is 0 Å². The van der Waals surface area contributed by atoms with Crippen molar-refractivity contribution in [2.45, 2.75) is 11.3 Å². The van der Waals surface area contributed by atoms with Crippen molar-refractivity contribution in [1.82, 2.24) is 9.62 Å². The predicted octanol–water partition coefficient (Wildman–Crippen LogP) is 2.62. The van der Waals surface area contributed by atoms with E-state index in [1.54, 1.807) is 11.3 Å². The molecule has 2 rings (SSSR count). The van der Waals surface area contributed by atoms with Crippen molar-refractivity contribution in [3.63, 3.8) is 0 Å². The minimum absolute atomic E-state index is 0.0373. The number of benzene rings is 1. The quantitative estimate of drug-likeness (QED) is 0.847. The van der Waals surface area contributed by atoms with Gasteiger partial charge in [0.05, 0.1) is 15.5 Å². The van der Waals surface area contributed by atoms with Gasteiger partial charge in [-0.2, -0.15) is 0 Å². The lowest BCUT2D eigenvalue weighted by atomic mass is 10.2. The molecule has 1 N–H and O–H groups in total. The van der Waals surface area contributed by atoms with E-state index in [0.29, 0.717) is 6.54 Å². The zero-order valence-electron chi connectivity index (χ0n) is 12.7. The van der Waals surface area contributed by atoms with Gasteiger partial charge in [-0.05, 0) is 36.1 Å². The zero-order chi connectivity index (χ0) is 17.0. The van der Waals surface area contributed by atoms with Gasteiger partial charge in [-0.3, -0.25) is 4.79 Å². The van der Waals surface area contributed by atoms with Crippen LogP contribution in [0.15, 0.2) is 40.6 Å². The third kappa shape index (κ3) is 4.32. The molecule has 1 heterocycles. The Hall–Kier alpha value is -1.41. The SMILES string of the molecule is CN(C)S(=O)(=O)c1ccc(Cl)c(C(=O)NCCc2cccs2)c1. The van der Waals surface area contributed by atoms with Gasteiger partial charge < -0.3 is 5.32 Å². The van der Waals surface area contributed by atoms with Crippen LogP contribution in [0, 0.1) is 0 Å². The van der Waals surface area contributed by atoms with Gasteiger partial charge in [0.1, 0.15) is 0 Å². The number of rotatable bonds is 6. The molecular formula is C15H17ClN2O3S2. The van der Waals surface area contributed by atoms with Gasteiger partial charge in [0, 0.05) is 25.5 Å². The minimum atomic E-state index is -3.61. The van der Waals surface area contributed by atoms with Crippen molar-refractivity contribution < 1.29 is 13.2 Å². The molecule has 0 bridgehead atoms. The molecule has 0 aliphatic carbocycles. The third-order valence-electron chi connectivity index (χ3n) is 3.20. The van der Waals surface area contributed by atoms with Crippen molar-refractivity contribution in [3.05, 3.63) is 51.2 Å². The summed E-state index contributed by atoms with van der Waals surface area (Å²) >= 11 is 7.65. The van der Waals surface area contributed by atoms with Crippen LogP contribution in [-0.2, 0) is 16.4 Å².